The minimum atomic E-state index is -1.01. The first kappa shape index (κ1) is 26.0. The first-order valence-electron chi connectivity index (χ1n) is 11.8. The van der Waals surface area contributed by atoms with Gasteiger partial charge in [0.15, 0.2) is 6.10 Å². The van der Waals surface area contributed by atoms with Crippen LogP contribution >= 0.6 is 11.8 Å². The Morgan fingerprint density at radius 1 is 0.892 bits per heavy atom. The van der Waals surface area contributed by atoms with Crippen LogP contribution in [0.5, 0.6) is 11.5 Å². The molecule has 0 amide bonds. The van der Waals surface area contributed by atoms with Gasteiger partial charge >= 0.3 is 5.97 Å². The fraction of sp³-hybridized carbons (Fsp3) is 0.129. The molecule has 0 fully saturated rings. The van der Waals surface area contributed by atoms with E-state index >= 15 is 0 Å². The maximum absolute atomic E-state index is 13.6. The van der Waals surface area contributed by atoms with Crippen molar-refractivity contribution < 1.29 is 23.8 Å². The summed E-state index contributed by atoms with van der Waals surface area (Å²) < 4.78 is 24.3. The van der Waals surface area contributed by atoms with Crippen LogP contribution in [0, 0.1) is 5.82 Å². The average Bonchev–Trinajstić information content (AvgIpc) is 2.93. The van der Waals surface area contributed by atoms with E-state index in [4.69, 9.17) is 14.6 Å². The number of benzene rings is 4. The number of thioether (sulfide) groups is 1. The van der Waals surface area contributed by atoms with Crippen molar-refractivity contribution in [1.29, 1.82) is 0 Å². The molecule has 1 atom stereocenters. The number of hydrogen-bond acceptors (Lipinski definition) is 4. The fourth-order valence-corrected chi connectivity index (χ4v) is 4.54. The Kier molecular flexibility index (Phi) is 8.64. The molecule has 0 saturated carbocycles. The van der Waals surface area contributed by atoms with Crippen molar-refractivity contribution in [2.45, 2.75) is 17.9 Å². The van der Waals surface area contributed by atoms with Gasteiger partial charge in [0, 0.05) is 10.6 Å². The second-order valence-corrected chi connectivity index (χ2v) is 9.41. The highest BCUT2D eigenvalue weighted by Gasteiger charge is 2.12. The van der Waals surface area contributed by atoms with Gasteiger partial charge in [0.1, 0.15) is 17.3 Å². The number of hydrogen-bond donors (Lipinski definition) is 1. The van der Waals surface area contributed by atoms with E-state index in [1.54, 1.807) is 43.1 Å². The number of methoxy groups -OCH3 is 1. The van der Waals surface area contributed by atoms with Gasteiger partial charge in [-0.05, 0) is 83.3 Å². The second kappa shape index (κ2) is 12.3. The fourth-order valence-electron chi connectivity index (χ4n) is 3.77. The maximum atomic E-state index is 13.6. The molecule has 0 aliphatic carbocycles. The van der Waals surface area contributed by atoms with E-state index < -0.39 is 12.1 Å². The molecule has 0 radical (unpaired) electrons. The highest BCUT2D eigenvalue weighted by Crippen LogP contribution is 2.30. The first-order valence-corrected chi connectivity index (χ1v) is 12.7. The lowest BCUT2D eigenvalue weighted by molar-refractivity contribution is -0.144. The van der Waals surface area contributed by atoms with E-state index in [9.17, 15) is 9.18 Å². The number of carbonyl (C=O) groups is 1. The lowest BCUT2D eigenvalue weighted by Crippen LogP contribution is -2.22. The minimum Gasteiger partial charge on any atom is -0.497 e. The molecule has 6 heteroatoms. The van der Waals surface area contributed by atoms with Crippen LogP contribution in [0.2, 0.25) is 0 Å². The van der Waals surface area contributed by atoms with Crippen LogP contribution in [0.3, 0.4) is 0 Å². The number of carboxylic acid groups (broad SMARTS) is 1. The molecule has 4 aromatic rings. The Morgan fingerprint density at radius 2 is 1.54 bits per heavy atom. The van der Waals surface area contributed by atoms with Gasteiger partial charge in [0.05, 0.1) is 7.11 Å². The minimum absolute atomic E-state index is 0.273. The standard InChI is InChI=1S/C31H27FO4S/c1-21(31(33)34)36-27-14-16-29(17-15-27)37-19-18-30(24-10-12-26(32)13-11-24)23-8-6-22(7-9-23)25-4-3-5-28(20-25)35-2/h3-18,20-21H,19H2,1-2H3,(H,33,34). The summed E-state index contributed by atoms with van der Waals surface area (Å²) in [6.45, 7) is 1.50. The monoisotopic (exact) mass is 514 g/mol. The summed E-state index contributed by atoms with van der Waals surface area (Å²) >= 11 is 1.64. The van der Waals surface area contributed by atoms with Gasteiger partial charge in [-0.25, -0.2) is 9.18 Å². The van der Waals surface area contributed by atoms with E-state index in [0.29, 0.717) is 11.5 Å². The quantitative estimate of drug-likeness (QED) is 0.221. The van der Waals surface area contributed by atoms with E-state index in [1.165, 1.54) is 19.1 Å². The topological polar surface area (TPSA) is 55.8 Å². The largest absolute Gasteiger partial charge is 0.497 e. The molecule has 0 aliphatic rings. The zero-order valence-electron chi connectivity index (χ0n) is 20.6. The molecule has 4 nitrogen and oxygen atoms in total. The summed E-state index contributed by atoms with van der Waals surface area (Å²) in [7, 11) is 1.65. The van der Waals surface area contributed by atoms with Crippen LogP contribution in [-0.4, -0.2) is 30.0 Å². The summed E-state index contributed by atoms with van der Waals surface area (Å²) in [5.74, 6) is 0.731. The molecule has 188 valence electrons. The Hall–Kier alpha value is -4.03. The van der Waals surface area contributed by atoms with Crippen LogP contribution in [0.15, 0.2) is 108 Å². The van der Waals surface area contributed by atoms with Crippen molar-refractivity contribution in [2.24, 2.45) is 0 Å². The normalized spacial score (nSPS) is 12.1. The first-order chi connectivity index (χ1) is 17.9. The second-order valence-electron chi connectivity index (χ2n) is 8.31. The molecule has 0 heterocycles. The van der Waals surface area contributed by atoms with Crippen LogP contribution < -0.4 is 9.47 Å². The summed E-state index contributed by atoms with van der Waals surface area (Å²) in [5.41, 5.74) is 5.13. The zero-order chi connectivity index (χ0) is 26.2. The third-order valence-corrected chi connectivity index (χ3v) is 6.71. The summed E-state index contributed by atoms with van der Waals surface area (Å²) in [5, 5.41) is 9.00. The van der Waals surface area contributed by atoms with Gasteiger partial charge in [-0.1, -0.05) is 54.6 Å². The van der Waals surface area contributed by atoms with Crippen molar-refractivity contribution in [3.63, 3.8) is 0 Å². The van der Waals surface area contributed by atoms with Crippen LogP contribution in [0.25, 0.3) is 16.7 Å². The molecule has 0 saturated heterocycles. The highest BCUT2D eigenvalue weighted by atomic mass is 32.2. The lowest BCUT2D eigenvalue weighted by atomic mass is 9.95. The van der Waals surface area contributed by atoms with Gasteiger partial charge in [0.25, 0.3) is 0 Å². The average molecular weight is 515 g/mol. The Labute approximate surface area is 220 Å². The van der Waals surface area contributed by atoms with Gasteiger partial charge in [-0.3, -0.25) is 0 Å². The third kappa shape index (κ3) is 7.02. The lowest BCUT2D eigenvalue weighted by Gasteiger charge is -2.12. The predicted molar refractivity (Wildman–Crippen MR) is 147 cm³/mol. The van der Waals surface area contributed by atoms with Crippen molar-refractivity contribution >= 4 is 23.3 Å². The smallest absolute Gasteiger partial charge is 0.344 e. The third-order valence-electron chi connectivity index (χ3n) is 5.78. The molecule has 0 aliphatic heterocycles. The van der Waals surface area contributed by atoms with E-state index in [0.717, 1.165) is 38.5 Å². The number of aliphatic carboxylic acids is 1. The van der Waals surface area contributed by atoms with Crippen molar-refractivity contribution in [3.05, 3.63) is 120 Å². The van der Waals surface area contributed by atoms with Crippen LogP contribution in [-0.2, 0) is 4.79 Å². The molecule has 4 aromatic carbocycles. The molecule has 0 bridgehead atoms. The van der Waals surface area contributed by atoms with E-state index in [2.05, 4.69) is 30.3 Å². The number of halogens is 1. The maximum Gasteiger partial charge on any atom is 0.344 e. The van der Waals surface area contributed by atoms with Gasteiger partial charge < -0.3 is 14.6 Å². The molecule has 1 unspecified atom stereocenters. The van der Waals surface area contributed by atoms with Crippen molar-refractivity contribution in [1.82, 2.24) is 0 Å². The Morgan fingerprint density at radius 3 is 2.16 bits per heavy atom. The zero-order valence-corrected chi connectivity index (χ0v) is 21.4. The van der Waals surface area contributed by atoms with Crippen LogP contribution in [0.4, 0.5) is 4.39 Å². The summed E-state index contributed by atoms with van der Waals surface area (Å²) in [6, 6.07) is 30.1. The van der Waals surface area contributed by atoms with Crippen LogP contribution in [0.1, 0.15) is 18.1 Å². The SMILES string of the molecule is COc1cccc(-c2ccc(C(=CCSc3ccc(OC(C)C(=O)O)cc3)c3ccc(F)cc3)cc2)c1. The molecule has 1 N–H and O–H groups in total. The van der Waals surface area contributed by atoms with Gasteiger partial charge in [0.2, 0.25) is 0 Å². The molecular formula is C31H27FO4S. The van der Waals surface area contributed by atoms with E-state index in [-0.39, 0.29) is 5.82 Å². The number of ether oxygens (including phenoxy) is 2. The predicted octanol–water partition coefficient (Wildman–Crippen LogP) is 7.58. The summed E-state index contributed by atoms with van der Waals surface area (Å²) in [6.07, 6.45) is 1.23. The molecule has 37 heavy (non-hydrogen) atoms. The van der Waals surface area contributed by atoms with Crippen molar-refractivity contribution in [3.8, 4) is 22.6 Å². The number of rotatable bonds is 10. The molecule has 0 spiro atoms. The highest BCUT2D eigenvalue weighted by molar-refractivity contribution is 7.99. The summed E-state index contributed by atoms with van der Waals surface area (Å²) in [4.78, 5) is 12.0. The number of carboxylic acids is 1. The Bertz CT molecular complexity index is 1360. The van der Waals surface area contributed by atoms with Crippen molar-refractivity contribution in [2.75, 3.05) is 12.9 Å². The molecule has 4 rings (SSSR count). The van der Waals surface area contributed by atoms with E-state index in [1.807, 2.05) is 36.4 Å². The van der Waals surface area contributed by atoms with Gasteiger partial charge in [-0.15, -0.1) is 11.8 Å². The Balaban J connectivity index is 1.53. The molecular weight excluding hydrogens is 487 g/mol. The molecule has 0 aromatic heterocycles. The van der Waals surface area contributed by atoms with Gasteiger partial charge in [-0.2, -0.15) is 0 Å².